The van der Waals surface area contributed by atoms with Crippen LogP contribution in [0.4, 0.5) is 4.39 Å². The Labute approximate surface area is 273 Å². The Kier molecular flexibility index (Phi) is 10.6. The molecular weight excluding hydrogens is 638 g/mol. The number of rotatable bonds is 4. The normalized spacial score (nSPS) is 16.2. The standard InChI is InChI=1S/C21H25.C10H15.C7H5F.2ClH.Zr/c1-20(2,3)16-9-7-14-11-15-8-10-17(21(4,5)6)13-19(15)18(14)12-16;1-7(2)10-6-8(3)5-9(10)4;1-6-2-4-7(8)5-3-6;;;/h7,9-10,12-13H,11H2,1-6H3;6-8H,1-4H3;1-5H;2*1H;/q;;;;;+2/p-2. The zero-order chi connectivity index (χ0) is 29.1. The van der Waals surface area contributed by atoms with Gasteiger partial charge in [0.05, 0.1) is 0 Å². The number of halogens is 3. The molecule has 3 aromatic rings. The fourth-order valence-corrected chi connectivity index (χ4v) is 14.1. The molecule has 0 N–H and O–H groups in total. The summed E-state index contributed by atoms with van der Waals surface area (Å²) in [6, 6.07) is 19.4. The van der Waals surface area contributed by atoms with E-state index in [1.54, 1.807) is 18.7 Å². The second-order valence-corrected chi connectivity index (χ2v) is 19.7. The van der Waals surface area contributed by atoms with Crippen LogP contribution in [-0.2, 0) is 38.5 Å². The van der Waals surface area contributed by atoms with Gasteiger partial charge in [-0.3, -0.25) is 0 Å². The van der Waals surface area contributed by atoms with Crippen molar-refractivity contribution < 1.29 is 50.5 Å². The first kappa shape index (κ1) is 34.9. The van der Waals surface area contributed by atoms with Gasteiger partial charge >= 0.3 is 251 Å². The summed E-state index contributed by atoms with van der Waals surface area (Å²) in [7, 11) is 0. The first-order chi connectivity index (χ1) is 18.6. The molecule has 2 aliphatic carbocycles. The van der Waals surface area contributed by atoms with Gasteiger partial charge in [0.15, 0.2) is 0 Å². The fourth-order valence-electron chi connectivity index (χ4n) is 6.49. The van der Waals surface area contributed by atoms with Crippen molar-refractivity contribution in [3.05, 3.63) is 109 Å². The summed E-state index contributed by atoms with van der Waals surface area (Å²) in [5, 5.41) is 0. The number of benzene rings is 3. The summed E-state index contributed by atoms with van der Waals surface area (Å²) in [6.45, 7) is 23.3. The number of hydrogen-bond donors (Lipinski definition) is 0. The molecule has 5 rings (SSSR count). The van der Waals surface area contributed by atoms with E-state index in [9.17, 15) is 4.39 Å². The molecule has 0 aliphatic heterocycles. The topological polar surface area (TPSA) is 0 Å². The molecule has 4 heteroatoms. The second kappa shape index (κ2) is 12.8. The van der Waals surface area contributed by atoms with Gasteiger partial charge in [0, 0.05) is 0 Å². The van der Waals surface area contributed by atoms with Crippen molar-refractivity contribution in [3.8, 4) is 11.1 Å². The van der Waals surface area contributed by atoms with Crippen molar-refractivity contribution in [1.29, 1.82) is 0 Å². The van der Waals surface area contributed by atoms with Gasteiger partial charge in [-0.2, -0.15) is 0 Å². The summed E-state index contributed by atoms with van der Waals surface area (Å²) in [5.74, 6) is 0.784. The molecule has 0 spiro atoms. The predicted molar refractivity (Wildman–Crippen MR) is 168 cm³/mol. The van der Waals surface area contributed by atoms with Gasteiger partial charge in [-0.15, -0.1) is 0 Å². The van der Waals surface area contributed by atoms with E-state index in [0.29, 0.717) is 11.8 Å². The smallest absolute Gasteiger partial charge is 1.00 e. The van der Waals surface area contributed by atoms with Crippen LogP contribution in [0, 0.1) is 17.7 Å². The molecule has 0 saturated heterocycles. The second-order valence-electron chi connectivity index (χ2n) is 14.3. The molecule has 42 heavy (non-hydrogen) atoms. The van der Waals surface area contributed by atoms with E-state index in [-0.39, 0.29) is 41.5 Å². The van der Waals surface area contributed by atoms with Crippen LogP contribution in [0.25, 0.3) is 11.1 Å². The molecule has 0 amide bonds. The monoisotopic (exact) mass is 680 g/mol. The molecule has 1 unspecified atom stereocenters. The van der Waals surface area contributed by atoms with Gasteiger partial charge in [0.1, 0.15) is 0 Å². The third-order valence-electron chi connectivity index (χ3n) is 8.85. The van der Waals surface area contributed by atoms with Crippen LogP contribution >= 0.6 is 0 Å². The first-order valence-corrected chi connectivity index (χ1v) is 18.7. The minimum atomic E-state index is -2.63. The van der Waals surface area contributed by atoms with Crippen LogP contribution in [0.3, 0.4) is 0 Å². The van der Waals surface area contributed by atoms with Crippen molar-refractivity contribution in [2.24, 2.45) is 11.8 Å². The molecule has 0 aromatic heterocycles. The van der Waals surface area contributed by atoms with Crippen LogP contribution in [0.2, 0.25) is 0 Å². The number of hydrogen-bond acceptors (Lipinski definition) is 0. The molecule has 222 valence electrons. The molecule has 0 nitrogen and oxygen atoms in total. The van der Waals surface area contributed by atoms with Crippen LogP contribution in [0.5, 0.6) is 0 Å². The van der Waals surface area contributed by atoms with Crippen LogP contribution in [-0.4, -0.2) is 3.71 Å². The van der Waals surface area contributed by atoms with Gasteiger partial charge < -0.3 is 24.8 Å². The van der Waals surface area contributed by atoms with Crippen molar-refractivity contribution in [2.45, 2.75) is 86.5 Å². The van der Waals surface area contributed by atoms with Gasteiger partial charge in [-0.05, 0) is 0 Å². The van der Waals surface area contributed by atoms with Crippen molar-refractivity contribution in [3.63, 3.8) is 0 Å². The average Bonchev–Trinajstić information content (AvgIpc) is 3.38. The molecule has 0 saturated carbocycles. The van der Waals surface area contributed by atoms with Crippen molar-refractivity contribution >= 4 is 6.98 Å². The van der Waals surface area contributed by atoms with Gasteiger partial charge in [-0.25, -0.2) is 0 Å². The van der Waals surface area contributed by atoms with E-state index < -0.39 is 21.3 Å². The van der Waals surface area contributed by atoms with E-state index in [4.69, 9.17) is 0 Å². The van der Waals surface area contributed by atoms with E-state index >= 15 is 0 Å². The number of fused-ring (bicyclic) bond motifs is 3. The molecule has 0 radical (unpaired) electrons. The SMILES string of the molecule is CC1=[C](/[Zr+2](=[CH]/c2ccc(F)cc2)[c]2cc(C(C)(C)C)cc3c2Cc2ccc(C(C)(C)C)cc2-3)C(C)C=C1C(C)C.[Cl-].[Cl-]. The Balaban J connectivity index is 0.00000242. The summed E-state index contributed by atoms with van der Waals surface area (Å²) in [4.78, 5) is 0. The van der Waals surface area contributed by atoms with Crippen LogP contribution in [0.1, 0.15) is 97.1 Å². The molecule has 0 fully saturated rings. The molecule has 1 atom stereocenters. The molecule has 2 aliphatic rings. The van der Waals surface area contributed by atoms with Crippen LogP contribution < -0.4 is 28.1 Å². The van der Waals surface area contributed by atoms with E-state index in [2.05, 4.69) is 109 Å². The summed E-state index contributed by atoms with van der Waals surface area (Å²) >= 11 is -2.63. The Bertz CT molecular complexity index is 1570. The Morgan fingerprint density at radius 2 is 1.43 bits per heavy atom. The zero-order valence-corrected chi connectivity index (χ0v) is 30.8. The van der Waals surface area contributed by atoms with Crippen molar-refractivity contribution in [1.82, 2.24) is 0 Å². The van der Waals surface area contributed by atoms with Crippen LogP contribution in [0.15, 0.2) is 75.1 Å². The summed E-state index contributed by atoms with van der Waals surface area (Å²) in [6.07, 6.45) is 3.52. The maximum Gasteiger partial charge on any atom is -1.00 e. The average molecular weight is 683 g/mol. The fraction of sp³-hybridized carbons (Fsp3) is 0.395. The third kappa shape index (κ3) is 6.72. The van der Waals surface area contributed by atoms with E-state index in [1.165, 1.54) is 44.5 Å². The first-order valence-electron chi connectivity index (χ1n) is 14.9. The zero-order valence-electron chi connectivity index (χ0n) is 26.8. The van der Waals surface area contributed by atoms with E-state index in [0.717, 1.165) is 12.0 Å². The molecular formula is C38H45Cl2FZr. The van der Waals surface area contributed by atoms with E-state index in [1.807, 2.05) is 12.1 Å². The Hall–Kier alpha value is -1.60. The minimum absolute atomic E-state index is 0. The van der Waals surface area contributed by atoms with Gasteiger partial charge in [0.2, 0.25) is 0 Å². The molecule has 0 heterocycles. The minimum Gasteiger partial charge on any atom is -1.00 e. The largest absolute Gasteiger partial charge is 1.00 e. The predicted octanol–water partition coefficient (Wildman–Crippen LogP) is 3.60. The Morgan fingerprint density at radius 1 is 0.833 bits per heavy atom. The quantitative estimate of drug-likeness (QED) is 0.309. The Morgan fingerprint density at radius 3 is 1.98 bits per heavy atom. The van der Waals surface area contributed by atoms with Gasteiger partial charge in [-0.1, -0.05) is 0 Å². The summed E-state index contributed by atoms with van der Waals surface area (Å²) < 4.78 is 19.8. The summed E-state index contributed by atoms with van der Waals surface area (Å²) in [5.41, 5.74) is 13.0. The van der Waals surface area contributed by atoms with Gasteiger partial charge in [0.25, 0.3) is 0 Å². The molecule has 3 aromatic carbocycles. The van der Waals surface area contributed by atoms with Crippen molar-refractivity contribution in [2.75, 3.05) is 0 Å². The third-order valence-corrected chi connectivity index (χ3v) is 16.4. The maximum absolute atomic E-state index is 13.9. The molecule has 0 bridgehead atoms. The number of allylic oxidation sites excluding steroid dienone is 4. The maximum atomic E-state index is 13.9.